The lowest BCUT2D eigenvalue weighted by atomic mass is 9.84. The number of rotatable bonds is 31. The first-order valence-electron chi connectivity index (χ1n) is 16.4. The molecular formula is C32H55N5O10. The van der Waals surface area contributed by atoms with Crippen LogP contribution in [0.25, 0.3) is 0 Å². The molecule has 0 bridgehead atoms. The van der Waals surface area contributed by atoms with Gasteiger partial charge in [-0.25, -0.2) is 4.98 Å². The van der Waals surface area contributed by atoms with Crippen LogP contribution in [-0.2, 0) is 49.3 Å². The SMILES string of the molecule is CCCOCCOCC(=O)CCCOCCOCC(=O)NCCCC[C@H](CC(=O)[C@@H](N)Cc1cnc[nH]1)C(=O)C[C@H](C(N)=O)[C@@H](C)O. The van der Waals surface area contributed by atoms with Crippen molar-refractivity contribution >= 4 is 29.2 Å². The van der Waals surface area contributed by atoms with Gasteiger partial charge in [-0.2, -0.15) is 0 Å². The van der Waals surface area contributed by atoms with Crippen LogP contribution in [0.15, 0.2) is 12.5 Å². The number of ether oxygens (including phenoxy) is 4. The maximum Gasteiger partial charge on any atom is 0.245 e. The third kappa shape index (κ3) is 20.7. The number of nitrogens with one attached hydrogen (secondary N) is 2. The van der Waals surface area contributed by atoms with E-state index in [-0.39, 0.29) is 68.9 Å². The van der Waals surface area contributed by atoms with Crippen molar-refractivity contribution in [3.8, 4) is 0 Å². The largest absolute Gasteiger partial charge is 0.393 e. The summed E-state index contributed by atoms with van der Waals surface area (Å²) in [5.41, 5.74) is 12.1. The third-order valence-corrected chi connectivity index (χ3v) is 7.31. The van der Waals surface area contributed by atoms with Gasteiger partial charge in [0.2, 0.25) is 11.8 Å². The highest BCUT2D eigenvalue weighted by molar-refractivity contribution is 5.92. The number of hydrogen-bond donors (Lipinski definition) is 5. The second-order valence-corrected chi connectivity index (χ2v) is 11.5. The molecule has 15 heteroatoms. The summed E-state index contributed by atoms with van der Waals surface area (Å²) in [5.74, 6) is -3.50. The fourth-order valence-corrected chi connectivity index (χ4v) is 4.58. The van der Waals surface area contributed by atoms with Crippen LogP contribution in [0.5, 0.6) is 0 Å². The van der Waals surface area contributed by atoms with Gasteiger partial charge in [-0.3, -0.25) is 24.0 Å². The maximum absolute atomic E-state index is 13.1. The molecule has 0 spiro atoms. The number of carbonyl (C=O) groups excluding carboxylic acids is 5. The second kappa shape index (κ2) is 25.9. The molecule has 1 heterocycles. The molecule has 47 heavy (non-hydrogen) atoms. The van der Waals surface area contributed by atoms with Crippen LogP contribution < -0.4 is 16.8 Å². The second-order valence-electron chi connectivity index (χ2n) is 11.5. The molecule has 0 radical (unpaired) electrons. The first kappa shape index (κ1) is 41.9. The summed E-state index contributed by atoms with van der Waals surface area (Å²) in [6.45, 7) is 6.14. The predicted octanol–water partition coefficient (Wildman–Crippen LogP) is 0.409. The van der Waals surface area contributed by atoms with Gasteiger partial charge in [0.05, 0.1) is 50.8 Å². The minimum absolute atomic E-state index is 0.00572. The van der Waals surface area contributed by atoms with Crippen molar-refractivity contribution in [3.63, 3.8) is 0 Å². The van der Waals surface area contributed by atoms with Crippen molar-refractivity contribution in [1.29, 1.82) is 0 Å². The highest BCUT2D eigenvalue weighted by Crippen LogP contribution is 2.21. The molecule has 268 valence electrons. The first-order chi connectivity index (χ1) is 22.5. The molecule has 1 rings (SSSR count). The van der Waals surface area contributed by atoms with Gasteiger partial charge in [-0.15, -0.1) is 0 Å². The summed E-state index contributed by atoms with van der Waals surface area (Å²) in [4.78, 5) is 68.4. The highest BCUT2D eigenvalue weighted by Gasteiger charge is 2.30. The molecule has 2 amide bonds. The van der Waals surface area contributed by atoms with Crippen molar-refractivity contribution in [3.05, 3.63) is 18.2 Å². The van der Waals surface area contributed by atoms with Gasteiger partial charge < -0.3 is 45.8 Å². The van der Waals surface area contributed by atoms with E-state index >= 15 is 0 Å². The van der Waals surface area contributed by atoms with Crippen LogP contribution in [0.3, 0.4) is 0 Å². The number of imidazole rings is 1. The van der Waals surface area contributed by atoms with E-state index in [1.165, 1.54) is 13.3 Å². The predicted molar refractivity (Wildman–Crippen MR) is 172 cm³/mol. The summed E-state index contributed by atoms with van der Waals surface area (Å²) >= 11 is 0. The Labute approximate surface area is 277 Å². The van der Waals surface area contributed by atoms with Crippen LogP contribution >= 0.6 is 0 Å². The Kier molecular flexibility index (Phi) is 23.2. The van der Waals surface area contributed by atoms with Crippen LogP contribution in [0.4, 0.5) is 0 Å². The van der Waals surface area contributed by atoms with E-state index in [0.717, 1.165) is 6.42 Å². The smallest absolute Gasteiger partial charge is 0.245 e. The van der Waals surface area contributed by atoms with Crippen LogP contribution in [0, 0.1) is 11.8 Å². The number of aromatic nitrogens is 2. The highest BCUT2D eigenvalue weighted by atomic mass is 16.5. The molecule has 0 aliphatic carbocycles. The normalized spacial score (nSPS) is 13.9. The van der Waals surface area contributed by atoms with Crippen molar-refractivity contribution in [2.75, 3.05) is 59.4 Å². The Morgan fingerprint density at radius 1 is 0.915 bits per heavy atom. The van der Waals surface area contributed by atoms with Gasteiger partial charge >= 0.3 is 0 Å². The van der Waals surface area contributed by atoms with E-state index in [2.05, 4.69) is 15.3 Å². The number of nitrogens with two attached hydrogens (primary N) is 2. The lowest BCUT2D eigenvalue weighted by Crippen LogP contribution is -2.38. The lowest BCUT2D eigenvalue weighted by molar-refractivity contribution is -0.134. The van der Waals surface area contributed by atoms with Crippen LogP contribution in [-0.4, -0.2) is 116 Å². The van der Waals surface area contributed by atoms with Gasteiger partial charge in [-0.1, -0.05) is 13.3 Å². The Morgan fingerprint density at radius 3 is 2.23 bits per heavy atom. The van der Waals surface area contributed by atoms with Gasteiger partial charge in [0, 0.05) is 63.3 Å². The number of H-pyrrole nitrogens is 1. The zero-order valence-electron chi connectivity index (χ0n) is 27.9. The quantitative estimate of drug-likeness (QED) is 0.0676. The fraction of sp³-hybridized carbons (Fsp3) is 0.750. The molecule has 0 aromatic carbocycles. The van der Waals surface area contributed by atoms with Crippen molar-refractivity contribution in [2.45, 2.75) is 83.8 Å². The molecule has 0 aliphatic heterocycles. The zero-order chi connectivity index (χ0) is 34.9. The number of aromatic amines is 1. The Hall–Kier alpha value is -3.08. The molecule has 1 aromatic heterocycles. The molecule has 0 saturated heterocycles. The monoisotopic (exact) mass is 669 g/mol. The number of amides is 2. The van der Waals surface area contributed by atoms with E-state index in [0.29, 0.717) is 70.8 Å². The Bertz CT molecular complexity index is 1040. The van der Waals surface area contributed by atoms with E-state index in [1.54, 1.807) is 6.20 Å². The number of Topliss-reactive ketones (excluding diaryl/α,β-unsaturated/α-hetero) is 3. The maximum atomic E-state index is 13.1. The van der Waals surface area contributed by atoms with Gasteiger partial charge in [0.15, 0.2) is 11.6 Å². The minimum atomic E-state index is -1.11. The Balaban J connectivity index is 2.28. The average Bonchev–Trinajstić information content (AvgIpc) is 3.54. The summed E-state index contributed by atoms with van der Waals surface area (Å²) in [6, 6.07) is -0.839. The summed E-state index contributed by atoms with van der Waals surface area (Å²) < 4.78 is 21.3. The number of unbranched alkanes of at least 4 members (excludes halogenated alkanes) is 1. The third-order valence-electron chi connectivity index (χ3n) is 7.31. The molecule has 15 nitrogen and oxygen atoms in total. The molecule has 0 aliphatic rings. The van der Waals surface area contributed by atoms with Crippen molar-refractivity contribution in [2.24, 2.45) is 23.3 Å². The molecule has 0 unspecified atom stereocenters. The molecule has 7 N–H and O–H groups in total. The van der Waals surface area contributed by atoms with Crippen LogP contribution in [0.1, 0.15) is 70.9 Å². The van der Waals surface area contributed by atoms with E-state index < -0.39 is 29.9 Å². The van der Waals surface area contributed by atoms with Crippen molar-refractivity contribution < 1.29 is 48.0 Å². The molecule has 1 aromatic rings. The lowest BCUT2D eigenvalue weighted by Gasteiger charge is -2.21. The first-order valence-corrected chi connectivity index (χ1v) is 16.4. The average molecular weight is 670 g/mol. The topological polar surface area (TPSA) is 235 Å². The van der Waals surface area contributed by atoms with Crippen LogP contribution in [0.2, 0.25) is 0 Å². The zero-order valence-corrected chi connectivity index (χ0v) is 27.9. The van der Waals surface area contributed by atoms with Gasteiger partial charge in [-0.05, 0) is 32.6 Å². The number of carbonyl (C=O) groups is 5. The van der Waals surface area contributed by atoms with E-state index in [9.17, 15) is 29.1 Å². The summed E-state index contributed by atoms with van der Waals surface area (Å²) in [5, 5.41) is 12.6. The van der Waals surface area contributed by atoms with Crippen molar-refractivity contribution in [1.82, 2.24) is 15.3 Å². The number of nitrogens with zero attached hydrogens (tertiary/aromatic N) is 1. The minimum Gasteiger partial charge on any atom is -0.393 e. The van der Waals surface area contributed by atoms with E-state index in [4.69, 9.17) is 30.4 Å². The number of aliphatic hydroxyl groups excluding tert-OH is 1. The Morgan fingerprint density at radius 2 is 1.60 bits per heavy atom. The summed E-state index contributed by atoms with van der Waals surface area (Å²) in [7, 11) is 0. The fourth-order valence-electron chi connectivity index (χ4n) is 4.58. The number of ketones is 3. The molecular weight excluding hydrogens is 614 g/mol. The number of aliphatic hydroxyl groups is 1. The standard InChI is InChI=1S/C32H55N5O10/c1-3-10-44-12-14-46-20-26(39)8-6-11-45-13-15-47-21-31(42)36-9-5-4-7-24(29(40)18-27(23(2)38)32(34)43)16-30(41)28(33)17-25-19-35-22-37-25/h19,22-24,27-28,38H,3-18,20-21,33H2,1-2H3,(H2,34,43)(H,35,37)(H,36,42)/t23-,24-,27+,28+/m1/s1. The number of hydrogen-bond acceptors (Lipinski definition) is 12. The molecule has 0 fully saturated rings. The summed E-state index contributed by atoms with van der Waals surface area (Å²) in [6.07, 6.45) is 5.07. The van der Waals surface area contributed by atoms with Gasteiger partial charge in [0.1, 0.15) is 19.0 Å². The molecule has 0 saturated carbocycles. The molecule has 4 atom stereocenters. The van der Waals surface area contributed by atoms with E-state index in [1.807, 2.05) is 6.92 Å². The van der Waals surface area contributed by atoms with Gasteiger partial charge in [0.25, 0.3) is 0 Å². The number of primary amides is 1.